The lowest BCUT2D eigenvalue weighted by atomic mass is 9.95. The van der Waals surface area contributed by atoms with Crippen LogP contribution < -0.4 is 16.4 Å². The standard InChI is InChI=1S/C10H21N3O4/c1-6(2)7(12-8(14)15)4-5-10(3,11)13-9(16)17/h6-7,12-13H,4-5,11H2,1-3H3,(H,14,15)(H,16,17)/t7?,10-/m0/s1. The first kappa shape index (κ1) is 15.5. The van der Waals surface area contributed by atoms with Gasteiger partial charge in [-0.25, -0.2) is 9.59 Å². The molecule has 0 spiro atoms. The smallest absolute Gasteiger partial charge is 0.406 e. The lowest BCUT2D eigenvalue weighted by Gasteiger charge is -2.28. The van der Waals surface area contributed by atoms with E-state index in [9.17, 15) is 9.59 Å². The van der Waals surface area contributed by atoms with Crippen LogP contribution in [0.4, 0.5) is 9.59 Å². The molecule has 0 aliphatic rings. The normalized spacial score (nSPS) is 16.1. The molecule has 0 aromatic heterocycles. The van der Waals surface area contributed by atoms with E-state index in [0.29, 0.717) is 12.8 Å². The predicted molar refractivity (Wildman–Crippen MR) is 62.8 cm³/mol. The van der Waals surface area contributed by atoms with Gasteiger partial charge in [-0.1, -0.05) is 13.8 Å². The Morgan fingerprint density at radius 3 is 2.18 bits per heavy atom. The molecule has 0 saturated heterocycles. The average Bonchev–Trinajstić information content (AvgIpc) is 2.08. The van der Waals surface area contributed by atoms with Crippen LogP contribution in [0.3, 0.4) is 0 Å². The number of hydrogen-bond donors (Lipinski definition) is 5. The van der Waals surface area contributed by atoms with Crippen LogP contribution in [0.1, 0.15) is 33.6 Å². The Labute approximate surface area is 100 Å². The summed E-state index contributed by atoms with van der Waals surface area (Å²) in [5.41, 5.74) is 4.67. The third-order valence-electron chi connectivity index (χ3n) is 2.48. The van der Waals surface area contributed by atoms with Gasteiger partial charge in [-0.05, 0) is 25.7 Å². The van der Waals surface area contributed by atoms with Crippen molar-refractivity contribution >= 4 is 12.2 Å². The highest BCUT2D eigenvalue weighted by molar-refractivity contribution is 5.65. The third-order valence-corrected chi connectivity index (χ3v) is 2.48. The molecule has 0 rings (SSSR count). The van der Waals surface area contributed by atoms with E-state index >= 15 is 0 Å². The maximum absolute atomic E-state index is 10.6. The van der Waals surface area contributed by atoms with Crippen LogP contribution in [0, 0.1) is 5.92 Å². The zero-order chi connectivity index (χ0) is 13.6. The third kappa shape index (κ3) is 7.40. The van der Waals surface area contributed by atoms with Gasteiger partial charge in [0.25, 0.3) is 0 Å². The lowest BCUT2D eigenvalue weighted by molar-refractivity contribution is 0.171. The fraction of sp³-hybridized carbons (Fsp3) is 0.800. The zero-order valence-corrected chi connectivity index (χ0v) is 10.4. The number of nitrogens with one attached hydrogen (secondary N) is 2. The van der Waals surface area contributed by atoms with Gasteiger partial charge in [0.1, 0.15) is 0 Å². The fourth-order valence-electron chi connectivity index (χ4n) is 1.49. The summed E-state index contributed by atoms with van der Waals surface area (Å²) in [5, 5.41) is 21.8. The van der Waals surface area contributed by atoms with Crippen molar-refractivity contribution in [1.29, 1.82) is 0 Å². The molecule has 6 N–H and O–H groups in total. The minimum atomic E-state index is -1.19. The predicted octanol–water partition coefficient (Wildman–Crippen LogP) is 1.00. The van der Waals surface area contributed by atoms with E-state index in [1.165, 1.54) is 0 Å². The molecular formula is C10H21N3O4. The van der Waals surface area contributed by atoms with Gasteiger partial charge < -0.3 is 26.6 Å². The van der Waals surface area contributed by atoms with E-state index in [0.717, 1.165) is 0 Å². The monoisotopic (exact) mass is 247 g/mol. The zero-order valence-electron chi connectivity index (χ0n) is 10.4. The Bertz CT molecular complexity index is 279. The van der Waals surface area contributed by atoms with Gasteiger partial charge in [0.05, 0.1) is 5.66 Å². The molecule has 0 heterocycles. The van der Waals surface area contributed by atoms with Crippen LogP contribution in [0.15, 0.2) is 0 Å². The summed E-state index contributed by atoms with van der Waals surface area (Å²) in [4.78, 5) is 21.0. The van der Waals surface area contributed by atoms with Gasteiger partial charge in [0.15, 0.2) is 0 Å². The van der Waals surface area contributed by atoms with Crippen molar-refractivity contribution in [1.82, 2.24) is 10.6 Å². The van der Waals surface area contributed by atoms with Gasteiger partial charge in [0.2, 0.25) is 0 Å². The molecule has 0 fully saturated rings. The van der Waals surface area contributed by atoms with Crippen molar-refractivity contribution in [2.45, 2.75) is 45.3 Å². The van der Waals surface area contributed by atoms with E-state index in [1.54, 1.807) is 6.92 Å². The number of rotatable bonds is 6. The number of hydrogen-bond acceptors (Lipinski definition) is 3. The van der Waals surface area contributed by atoms with Crippen molar-refractivity contribution in [2.75, 3.05) is 0 Å². The molecule has 7 nitrogen and oxygen atoms in total. The number of nitrogens with two attached hydrogens (primary N) is 1. The van der Waals surface area contributed by atoms with Crippen molar-refractivity contribution in [3.8, 4) is 0 Å². The minimum Gasteiger partial charge on any atom is -0.465 e. The first-order valence-electron chi connectivity index (χ1n) is 5.43. The van der Waals surface area contributed by atoms with Crippen molar-refractivity contribution in [2.24, 2.45) is 11.7 Å². The fourth-order valence-corrected chi connectivity index (χ4v) is 1.49. The quantitative estimate of drug-likeness (QED) is 0.448. The summed E-state index contributed by atoms with van der Waals surface area (Å²) in [5.74, 6) is 0.117. The Kier molecular flexibility index (Phi) is 5.73. The van der Waals surface area contributed by atoms with Crippen LogP contribution in [0.2, 0.25) is 0 Å². The Morgan fingerprint density at radius 2 is 1.82 bits per heavy atom. The molecule has 1 unspecified atom stereocenters. The van der Waals surface area contributed by atoms with E-state index in [2.05, 4.69) is 10.6 Å². The highest BCUT2D eigenvalue weighted by Gasteiger charge is 2.24. The molecule has 7 heteroatoms. The minimum absolute atomic E-state index is 0.117. The van der Waals surface area contributed by atoms with E-state index < -0.39 is 17.8 Å². The molecule has 0 radical (unpaired) electrons. The van der Waals surface area contributed by atoms with Crippen molar-refractivity contribution < 1.29 is 19.8 Å². The molecule has 0 saturated carbocycles. The second-order valence-electron chi connectivity index (χ2n) is 4.69. The molecule has 0 bridgehead atoms. The highest BCUT2D eigenvalue weighted by atomic mass is 16.4. The van der Waals surface area contributed by atoms with Gasteiger partial charge >= 0.3 is 12.2 Å². The molecule has 0 aromatic rings. The Morgan fingerprint density at radius 1 is 1.29 bits per heavy atom. The summed E-state index contributed by atoms with van der Waals surface area (Å²) < 4.78 is 0. The summed E-state index contributed by atoms with van der Waals surface area (Å²) in [7, 11) is 0. The topological polar surface area (TPSA) is 125 Å². The Balaban J connectivity index is 4.29. The summed E-state index contributed by atoms with van der Waals surface area (Å²) >= 11 is 0. The molecule has 0 aromatic carbocycles. The molecular weight excluding hydrogens is 226 g/mol. The summed E-state index contributed by atoms with van der Waals surface area (Å²) in [6.45, 7) is 5.33. The molecule has 0 aliphatic heterocycles. The van der Waals surface area contributed by atoms with E-state index in [-0.39, 0.29) is 12.0 Å². The highest BCUT2D eigenvalue weighted by Crippen LogP contribution is 2.13. The van der Waals surface area contributed by atoms with Crippen LogP contribution in [0.5, 0.6) is 0 Å². The van der Waals surface area contributed by atoms with Gasteiger partial charge in [-0.15, -0.1) is 0 Å². The van der Waals surface area contributed by atoms with Crippen LogP contribution in [-0.2, 0) is 0 Å². The van der Waals surface area contributed by atoms with Gasteiger partial charge in [-0.2, -0.15) is 0 Å². The van der Waals surface area contributed by atoms with Crippen LogP contribution in [0.25, 0.3) is 0 Å². The number of carboxylic acid groups (broad SMARTS) is 2. The number of amides is 2. The summed E-state index contributed by atoms with van der Waals surface area (Å²) in [6, 6.07) is -0.244. The van der Waals surface area contributed by atoms with Crippen LogP contribution in [-0.4, -0.2) is 34.1 Å². The first-order chi connectivity index (χ1) is 7.64. The first-order valence-corrected chi connectivity index (χ1v) is 5.43. The lowest BCUT2D eigenvalue weighted by Crippen LogP contribution is -2.54. The molecule has 2 amide bonds. The second-order valence-corrected chi connectivity index (χ2v) is 4.69. The molecule has 100 valence electrons. The van der Waals surface area contributed by atoms with Gasteiger partial charge in [-0.3, -0.25) is 0 Å². The molecule has 2 atom stereocenters. The Hall–Kier alpha value is -1.50. The average molecular weight is 247 g/mol. The van der Waals surface area contributed by atoms with Crippen LogP contribution >= 0.6 is 0 Å². The molecule has 17 heavy (non-hydrogen) atoms. The van der Waals surface area contributed by atoms with Crippen molar-refractivity contribution in [3.05, 3.63) is 0 Å². The largest absolute Gasteiger partial charge is 0.465 e. The number of carbonyl (C=O) groups is 2. The molecule has 0 aliphatic carbocycles. The second kappa shape index (κ2) is 6.29. The maximum atomic E-state index is 10.6. The van der Waals surface area contributed by atoms with E-state index in [4.69, 9.17) is 15.9 Å². The SMILES string of the molecule is CC(C)C(CC[C@@](C)(N)NC(=O)O)NC(=O)O. The van der Waals surface area contributed by atoms with E-state index in [1.807, 2.05) is 13.8 Å². The maximum Gasteiger partial charge on any atom is 0.406 e. The van der Waals surface area contributed by atoms with Crippen molar-refractivity contribution in [3.63, 3.8) is 0 Å². The van der Waals surface area contributed by atoms with Gasteiger partial charge in [0, 0.05) is 6.04 Å². The summed E-state index contributed by atoms with van der Waals surface area (Å²) in [6.07, 6.45) is -1.46.